The van der Waals surface area contributed by atoms with Gasteiger partial charge in [-0.25, -0.2) is 4.98 Å². The Balaban J connectivity index is 1.56. The lowest BCUT2D eigenvalue weighted by atomic mass is 10.0. The predicted octanol–water partition coefficient (Wildman–Crippen LogP) is 4.87. The maximum absolute atomic E-state index is 13.4. The average molecular weight is 475 g/mol. The highest BCUT2D eigenvalue weighted by Gasteiger charge is 2.72. The van der Waals surface area contributed by atoms with Crippen molar-refractivity contribution < 1.29 is 22.8 Å². The summed E-state index contributed by atoms with van der Waals surface area (Å²) in [5, 5.41) is 2.96. The van der Waals surface area contributed by atoms with Crippen LogP contribution in [0.5, 0.6) is 0 Å². The number of anilines is 1. The highest BCUT2D eigenvalue weighted by atomic mass is 32.1. The summed E-state index contributed by atoms with van der Waals surface area (Å²) in [7, 11) is 1.64. The number of alkyl halides is 3. The number of pyridine rings is 2. The summed E-state index contributed by atoms with van der Waals surface area (Å²) in [4.78, 5) is 35.5. The van der Waals surface area contributed by atoms with E-state index in [0.717, 1.165) is 10.9 Å². The van der Waals surface area contributed by atoms with Gasteiger partial charge in [-0.2, -0.15) is 13.2 Å². The normalized spacial score (nSPS) is 21.6. The number of thiophene rings is 1. The molecule has 10 heteroatoms. The summed E-state index contributed by atoms with van der Waals surface area (Å²) in [5.41, 5.74) is 1.04. The number of halogens is 3. The number of piperidine rings is 1. The Labute approximate surface area is 191 Å². The Hall–Kier alpha value is -3.01. The summed E-state index contributed by atoms with van der Waals surface area (Å²) < 4.78 is 41.0. The zero-order chi connectivity index (χ0) is 23.9. The Morgan fingerprint density at radius 2 is 1.82 bits per heavy atom. The first kappa shape index (κ1) is 21.8. The average Bonchev–Trinajstić information content (AvgIpc) is 2.99. The number of likely N-dealkylation sites (tertiary alicyclic amines) is 1. The molecule has 2 aliphatic rings. The van der Waals surface area contributed by atoms with E-state index in [9.17, 15) is 22.8 Å². The van der Waals surface area contributed by atoms with E-state index in [-0.39, 0.29) is 41.3 Å². The summed E-state index contributed by atoms with van der Waals surface area (Å²) in [5.74, 6) is -0.825. The molecule has 33 heavy (non-hydrogen) atoms. The first-order chi connectivity index (χ1) is 15.4. The van der Waals surface area contributed by atoms with Crippen LogP contribution in [0.4, 0.5) is 18.9 Å². The number of aryl methyl sites for hydroxylation is 1. The minimum Gasteiger partial charge on any atom is -0.386 e. The van der Waals surface area contributed by atoms with Crippen LogP contribution in [0.1, 0.15) is 30.1 Å². The Morgan fingerprint density at radius 3 is 2.42 bits per heavy atom. The number of amides is 2. The van der Waals surface area contributed by atoms with Crippen molar-refractivity contribution in [2.75, 3.05) is 12.4 Å². The van der Waals surface area contributed by atoms with Crippen LogP contribution < -0.4 is 5.32 Å². The van der Waals surface area contributed by atoms with E-state index in [2.05, 4.69) is 15.3 Å². The van der Waals surface area contributed by atoms with Gasteiger partial charge in [0.05, 0.1) is 40.0 Å². The monoisotopic (exact) mass is 474 g/mol. The molecule has 0 radical (unpaired) electrons. The molecule has 1 aliphatic heterocycles. The first-order valence-electron chi connectivity index (χ1n) is 10.4. The summed E-state index contributed by atoms with van der Waals surface area (Å²) in [6.07, 6.45) is -3.04. The fraction of sp³-hybridized carbons (Fsp3) is 0.391. The fourth-order valence-electron chi connectivity index (χ4n) is 4.94. The van der Waals surface area contributed by atoms with Gasteiger partial charge in [-0.05, 0) is 30.5 Å². The van der Waals surface area contributed by atoms with Gasteiger partial charge in [0.1, 0.15) is 5.69 Å². The molecule has 4 heterocycles. The molecule has 0 bridgehead atoms. The molecule has 3 aromatic rings. The molecule has 0 spiro atoms. The van der Waals surface area contributed by atoms with E-state index in [4.69, 9.17) is 0 Å². The molecule has 5 rings (SSSR count). The molecule has 1 saturated heterocycles. The number of imide groups is 1. The van der Waals surface area contributed by atoms with Gasteiger partial charge in [-0.3, -0.25) is 19.5 Å². The van der Waals surface area contributed by atoms with E-state index in [0.29, 0.717) is 27.0 Å². The third-order valence-corrected chi connectivity index (χ3v) is 7.84. The number of carbonyl (C=O) groups excluding carboxylic acids is 2. The summed E-state index contributed by atoms with van der Waals surface area (Å²) >= 11 is 1.33. The topological polar surface area (TPSA) is 75.2 Å². The molecule has 6 nitrogen and oxygen atoms in total. The number of fused-ring (bicyclic) bond motifs is 2. The number of carbonyl (C=O) groups is 2. The Kier molecular flexibility index (Phi) is 4.62. The van der Waals surface area contributed by atoms with Crippen molar-refractivity contribution in [1.29, 1.82) is 0 Å². The highest BCUT2D eigenvalue weighted by molar-refractivity contribution is 7.19. The van der Waals surface area contributed by atoms with Crippen LogP contribution >= 0.6 is 11.3 Å². The minimum absolute atomic E-state index is 0.142. The molecule has 3 aromatic heterocycles. The van der Waals surface area contributed by atoms with Gasteiger partial charge < -0.3 is 5.32 Å². The van der Waals surface area contributed by atoms with Gasteiger partial charge in [0.25, 0.3) is 0 Å². The SMILES string of the molecule is CNc1c(-c2ccnc3cc(CN4C(=O)C5C(C4=O)C5(C)C)sc23)cc(C(F)(F)F)nc1C. The zero-order valence-corrected chi connectivity index (χ0v) is 19.2. The van der Waals surface area contributed by atoms with Crippen LogP contribution in [0.3, 0.4) is 0 Å². The Bertz CT molecular complexity index is 1310. The quantitative estimate of drug-likeness (QED) is 0.546. The van der Waals surface area contributed by atoms with Crippen molar-refractivity contribution in [2.24, 2.45) is 17.3 Å². The second-order valence-electron chi connectivity index (χ2n) is 9.09. The summed E-state index contributed by atoms with van der Waals surface area (Å²) in [6.45, 7) is 5.52. The minimum atomic E-state index is -4.58. The van der Waals surface area contributed by atoms with E-state index >= 15 is 0 Å². The Morgan fingerprint density at radius 1 is 1.15 bits per heavy atom. The molecule has 1 aliphatic carbocycles. The molecular weight excluding hydrogens is 453 g/mol. The molecule has 2 amide bonds. The van der Waals surface area contributed by atoms with Crippen molar-refractivity contribution in [3.63, 3.8) is 0 Å². The maximum Gasteiger partial charge on any atom is 0.433 e. The number of nitrogens with one attached hydrogen (secondary N) is 1. The van der Waals surface area contributed by atoms with Gasteiger partial charge in [0, 0.05) is 29.2 Å². The molecule has 0 aromatic carbocycles. The van der Waals surface area contributed by atoms with Crippen molar-refractivity contribution in [1.82, 2.24) is 14.9 Å². The van der Waals surface area contributed by atoms with Gasteiger partial charge in [-0.15, -0.1) is 11.3 Å². The number of hydrogen-bond acceptors (Lipinski definition) is 6. The van der Waals surface area contributed by atoms with Crippen molar-refractivity contribution in [3.8, 4) is 11.1 Å². The maximum atomic E-state index is 13.4. The van der Waals surface area contributed by atoms with Gasteiger partial charge >= 0.3 is 6.18 Å². The van der Waals surface area contributed by atoms with Crippen LogP contribution in [-0.2, 0) is 22.3 Å². The smallest absolute Gasteiger partial charge is 0.386 e. The lowest BCUT2D eigenvalue weighted by Crippen LogP contribution is -2.35. The molecule has 2 unspecified atom stereocenters. The van der Waals surface area contributed by atoms with Crippen molar-refractivity contribution in [3.05, 3.63) is 40.7 Å². The van der Waals surface area contributed by atoms with E-state index in [1.165, 1.54) is 23.2 Å². The second-order valence-corrected chi connectivity index (χ2v) is 10.2. The lowest BCUT2D eigenvalue weighted by Gasteiger charge is -2.19. The standard InChI is InChI=1S/C23H21F3N4O2S/c1-10-18(27-4)13(8-15(29-10)23(24,25)26)12-5-6-28-14-7-11(33-19(12)14)9-30-20(31)16-17(21(30)32)22(16,2)3/h5-8,16-17,27H,9H2,1-4H3. The third kappa shape index (κ3) is 3.22. The summed E-state index contributed by atoms with van der Waals surface area (Å²) in [6, 6.07) is 4.50. The van der Waals surface area contributed by atoms with E-state index in [1.807, 2.05) is 13.8 Å². The van der Waals surface area contributed by atoms with Crippen LogP contribution in [0.2, 0.25) is 0 Å². The van der Waals surface area contributed by atoms with Gasteiger partial charge in [0.15, 0.2) is 0 Å². The van der Waals surface area contributed by atoms with Crippen LogP contribution in [-0.4, -0.2) is 33.7 Å². The number of hydrogen-bond donors (Lipinski definition) is 1. The predicted molar refractivity (Wildman–Crippen MR) is 118 cm³/mol. The fourth-order valence-corrected chi connectivity index (χ4v) is 6.07. The van der Waals surface area contributed by atoms with Gasteiger partial charge in [0.2, 0.25) is 11.8 Å². The number of aromatic nitrogens is 2. The van der Waals surface area contributed by atoms with E-state index in [1.54, 1.807) is 25.4 Å². The highest BCUT2D eigenvalue weighted by Crippen LogP contribution is 2.63. The zero-order valence-electron chi connectivity index (χ0n) is 18.4. The van der Waals surface area contributed by atoms with Crippen LogP contribution in [0.25, 0.3) is 21.3 Å². The molecule has 2 atom stereocenters. The largest absolute Gasteiger partial charge is 0.433 e. The molecule has 172 valence electrons. The van der Waals surface area contributed by atoms with Crippen LogP contribution in [0.15, 0.2) is 24.4 Å². The molecular formula is C23H21F3N4O2S. The lowest BCUT2D eigenvalue weighted by molar-refractivity contribution is -0.144. The van der Waals surface area contributed by atoms with Crippen molar-refractivity contribution >= 4 is 39.1 Å². The molecule has 2 fully saturated rings. The van der Waals surface area contributed by atoms with Crippen molar-refractivity contribution in [2.45, 2.75) is 33.5 Å². The molecule has 1 saturated carbocycles. The number of rotatable bonds is 4. The van der Waals surface area contributed by atoms with E-state index < -0.39 is 11.9 Å². The molecule has 1 N–H and O–H groups in total. The second kappa shape index (κ2) is 6.99. The first-order valence-corrected chi connectivity index (χ1v) is 11.3. The number of nitrogens with zero attached hydrogens (tertiary/aromatic N) is 3. The van der Waals surface area contributed by atoms with Gasteiger partial charge in [-0.1, -0.05) is 13.8 Å². The van der Waals surface area contributed by atoms with Crippen LogP contribution in [0, 0.1) is 24.2 Å². The third-order valence-electron chi connectivity index (χ3n) is 6.70.